The summed E-state index contributed by atoms with van der Waals surface area (Å²) in [5.74, 6) is -0.163. The Bertz CT molecular complexity index is 1110. The number of carbonyl (C=O) groups is 2. The van der Waals surface area contributed by atoms with Gasteiger partial charge in [0.25, 0.3) is 5.91 Å². The fourth-order valence-electron chi connectivity index (χ4n) is 3.39. The number of anilines is 1. The van der Waals surface area contributed by atoms with Gasteiger partial charge in [0.1, 0.15) is 5.69 Å². The number of allylic oxidation sites excluding steroid dienone is 1. The maximum Gasteiger partial charge on any atom is 0.257 e. The van der Waals surface area contributed by atoms with E-state index in [1.54, 1.807) is 6.07 Å². The third-order valence-electron chi connectivity index (χ3n) is 4.94. The van der Waals surface area contributed by atoms with Crippen LogP contribution in [0.5, 0.6) is 0 Å². The molecule has 0 spiro atoms. The second-order valence-corrected chi connectivity index (χ2v) is 9.73. The molecule has 1 N–H and O–H groups in total. The number of nitrogens with zero attached hydrogens (tertiary/aromatic N) is 2. The maximum absolute atomic E-state index is 13.0. The number of nitrogens with one attached hydrogen (secondary N) is 1. The molecule has 1 amide bonds. The molecule has 0 radical (unpaired) electrons. The largest absolute Gasteiger partial charge is 0.305 e. The first-order valence-electron chi connectivity index (χ1n) is 9.51. The topological polar surface area (TPSA) is 106 Å². The minimum atomic E-state index is -3.48. The van der Waals surface area contributed by atoms with Gasteiger partial charge < -0.3 is 5.32 Å². The summed E-state index contributed by atoms with van der Waals surface area (Å²) in [6.45, 7) is 1.38. The Balaban J connectivity index is 1.93. The van der Waals surface area contributed by atoms with Gasteiger partial charge in [-0.25, -0.2) is 18.4 Å². The Morgan fingerprint density at radius 3 is 2.40 bits per heavy atom. The summed E-state index contributed by atoms with van der Waals surface area (Å²) in [6, 6.07) is 4.47. The summed E-state index contributed by atoms with van der Waals surface area (Å²) < 4.78 is 23.7. The van der Waals surface area contributed by atoms with Crippen LogP contribution in [-0.4, -0.2) is 36.3 Å². The van der Waals surface area contributed by atoms with E-state index in [4.69, 9.17) is 11.6 Å². The van der Waals surface area contributed by atoms with Gasteiger partial charge in [-0.15, -0.1) is 0 Å². The first-order valence-corrected chi connectivity index (χ1v) is 11.8. The van der Waals surface area contributed by atoms with Crippen LogP contribution >= 0.6 is 11.6 Å². The van der Waals surface area contributed by atoms with E-state index in [2.05, 4.69) is 15.3 Å². The Kier molecular flexibility index (Phi) is 6.67. The lowest BCUT2D eigenvalue weighted by atomic mass is 9.98. The second kappa shape index (κ2) is 9.06. The van der Waals surface area contributed by atoms with Gasteiger partial charge in [-0.1, -0.05) is 36.6 Å². The summed E-state index contributed by atoms with van der Waals surface area (Å²) in [5.41, 5.74) is 1.12. The summed E-state index contributed by atoms with van der Waals surface area (Å²) in [4.78, 5) is 32.4. The molecule has 158 valence electrons. The number of aromatic nitrogens is 2. The highest BCUT2D eigenvalue weighted by atomic mass is 35.5. The van der Waals surface area contributed by atoms with Gasteiger partial charge in [-0.2, -0.15) is 0 Å². The zero-order valence-corrected chi connectivity index (χ0v) is 18.3. The lowest BCUT2D eigenvalue weighted by molar-refractivity contribution is -0.111. The van der Waals surface area contributed by atoms with E-state index in [-0.39, 0.29) is 33.1 Å². The van der Waals surface area contributed by atoms with E-state index in [0.29, 0.717) is 11.1 Å². The number of hydrogen-bond acceptors (Lipinski definition) is 6. The monoisotopic (exact) mass is 447 g/mol. The van der Waals surface area contributed by atoms with Crippen molar-refractivity contribution >= 4 is 44.5 Å². The summed E-state index contributed by atoms with van der Waals surface area (Å²) in [7, 11) is -3.48. The van der Waals surface area contributed by atoms with Crippen LogP contribution in [-0.2, 0) is 14.6 Å². The van der Waals surface area contributed by atoms with E-state index >= 15 is 0 Å². The number of hydrogen-bond donors (Lipinski definition) is 1. The zero-order chi connectivity index (χ0) is 21.9. The molecular formula is C21H22ClN3O4S. The number of carbonyl (C=O) groups excluding carboxylic acids is 2. The number of Topliss-reactive ketones (excluding diaryl/α,β-unsaturated/α-hetero) is 1. The van der Waals surface area contributed by atoms with Crippen LogP contribution in [0.3, 0.4) is 0 Å². The number of ketones is 1. The van der Waals surface area contributed by atoms with Crippen molar-refractivity contribution in [2.45, 2.75) is 37.5 Å². The van der Waals surface area contributed by atoms with Crippen molar-refractivity contribution in [2.75, 3.05) is 11.6 Å². The fourth-order valence-corrected chi connectivity index (χ4v) is 4.72. The van der Waals surface area contributed by atoms with Crippen LogP contribution in [0.2, 0.25) is 5.02 Å². The number of sulfone groups is 1. The standard InChI is InChI=1S/C21H22ClN3O4S/c1-13(26)18-11-24-20(12-23-18)25-21(27)16(9-14-5-3-4-6-14)15-7-8-19(17(22)10-15)30(2,28)29/h7-12,14H,3-6H2,1-2H3,(H,24,25,27)/b16-9+. The van der Waals surface area contributed by atoms with Crippen molar-refractivity contribution in [1.82, 2.24) is 9.97 Å². The van der Waals surface area contributed by atoms with E-state index in [9.17, 15) is 18.0 Å². The van der Waals surface area contributed by atoms with Gasteiger partial charge in [-0.3, -0.25) is 9.59 Å². The third kappa shape index (κ3) is 5.31. The van der Waals surface area contributed by atoms with E-state index in [1.807, 2.05) is 6.08 Å². The van der Waals surface area contributed by atoms with E-state index < -0.39 is 15.7 Å². The zero-order valence-electron chi connectivity index (χ0n) is 16.7. The van der Waals surface area contributed by atoms with Gasteiger partial charge in [0, 0.05) is 18.8 Å². The molecule has 1 fully saturated rings. The molecule has 30 heavy (non-hydrogen) atoms. The smallest absolute Gasteiger partial charge is 0.257 e. The van der Waals surface area contributed by atoms with Crippen molar-refractivity contribution < 1.29 is 18.0 Å². The average molecular weight is 448 g/mol. The Labute approximate surface area is 180 Å². The highest BCUT2D eigenvalue weighted by Crippen LogP contribution is 2.32. The molecule has 9 heteroatoms. The predicted molar refractivity (Wildman–Crippen MR) is 115 cm³/mol. The molecular weight excluding hydrogens is 426 g/mol. The van der Waals surface area contributed by atoms with Crippen molar-refractivity contribution in [1.29, 1.82) is 0 Å². The quantitative estimate of drug-likeness (QED) is 0.530. The highest BCUT2D eigenvalue weighted by Gasteiger charge is 2.21. The average Bonchev–Trinajstić information content (AvgIpc) is 3.18. The summed E-state index contributed by atoms with van der Waals surface area (Å²) in [6.07, 6.45) is 9.78. The molecule has 0 aliphatic heterocycles. The minimum absolute atomic E-state index is 0.0132. The Hall–Kier alpha value is -2.58. The Morgan fingerprint density at radius 2 is 1.87 bits per heavy atom. The van der Waals surface area contributed by atoms with Crippen LogP contribution in [0, 0.1) is 5.92 Å². The van der Waals surface area contributed by atoms with Gasteiger partial charge in [0.05, 0.1) is 22.3 Å². The van der Waals surface area contributed by atoms with Crippen molar-refractivity contribution in [3.05, 3.63) is 52.9 Å². The molecule has 2 aromatic rings. The Morgan fingerprint density at radius 1 is 1.17 bits per heavy atom. The molecule has 1 aromatic carbocycles. The normalized spacial score (nSPS) is 15.2. The van der Waals surface area contributed by atoms with Crippen molar-refractivity contribution in [3.63, 3.8) is 0 Å². The van der Waals surface area contributed by atoms with Crippen LogP contribution in [0.4, 0.5) is 5.82 Å². The van der Waals surface area contributed by atoms with Crippen LogP contribution < -0.4 is 5.32 Å². The van der Waals surface area contributed by atoms with Crippen molar-refractivity contribution in [3.8, 4) is 0 Å². The van der Waals surface area contributed by atoms with Gasteiger partial charge >= 0.3 is 0 Å². The lowest BCUT2D eigenvalue weighted by Gasteiger charge is -2.13. The molecule has 7 nitrogen and oxygen atoms in total. The molecule has 1 aliphatic carbocycles. The van der Waals surface area contributed by atoms with Gasteiger partial charge in [-0.05, 0) is 36.5 Å². The molecule has 1 aliphatic rings. The molecule has 0 atom stereocenters. The van der Waals surface area contributed by atoms with E-state index in [0.717, 1.165) is 31.9 Å². The van der Waals surface area contributed by atoms with Crippen LogP contribution in [0.15, 0.2) is 41.6 Å². The fraction of sp³-hybridized carbons (Fsp3) is 0.333. The maximum atomic E-state index is 13.0. The SMILES string of the molecule is CC(=O)c1cnc(NC(=O)/C(=C/C2CCCC2)c2ccc(S(C)(=O)=O)c(Cl)c2)cn1. The first-order chi connectivity index (χ1) is 14.1. The number of rotatable bonds is 6. The number of halogens is 1. The molecule has 3 rings (SSSR count). The van der Waals surface area contributed by atoms with E-state index in [1.165, 1.54) is 31.5 Å². The number of amides is 1. The van der Waals surface area contributed by atoms with Crippen molar-refractivity contribution in [2.24, 2.45) is 5.92 Å². The van der Waals surface area contributed by atoms with Crippen LogP contribution in [0.25, 0.3) is 5.57 Å². The molecule has 0 saturated heterocycles. The highest BCUT2D eigenvalue weighted by molar-refractivity contribution is 7.90. The molecule has 0 bridgehead atoms. The number of benzene rings is 1. The summed E-state index contributed by atoms with van der Waals surface area (Å²) >= 11 is 6.19. The summed E-state index contributed by atoms with van der Waals surface area (Å²) in [5, 5.41) is 2.75. The molecule has 1 aromatic heterocycles. The minimum Gasteiger partial charge on any atom is -0.305 e. The second-order valence-electron chi connectivity index (χ2n) is 7.34. The predicted octanol–water partition coefficient (Wildman–Crippen LogP) is 3.95. The third-order valence-corrected chi connectivity index (χ3v) is 6.52. The lowest BCUT2D eigenvalue weighted by Crippen LogP contribution is -2.16. The van der Waals surface area contributed by atoms with Gasteiger partial charge in [0.2, 0.25) is 0 Å². The first kappa shape index (κ1) is 22.1. The van der Waals surface area contributed by atoms with Crippen LogP contribution in [0.1, 0.15) is 48.7 Å². The molecule has 1 heterocycles. The molecule has 0 unspecified atom stereocenters. The molecule has 1 saturated carbocycles. The van der Waals surface area contributed by atoms with Gasteiger partial charge in [0.15, 0.2) is 21.4 Å².